The molecule has 4 nitrogen and oxygen atoms in total. The van der Waals surface area contributed by atoms with Gasteiger partial charge in [0.2, 0.25) is 0 Å². The van der Waals surface area contributed by atoms with Gasteiger partial charge in [-0.3, -0.25) is 0 Å². The van der Waals surface area contributed by atoms with E-state index in [2.05, 4.69) is 4.72 Å². The predicted octanol–water partition coefficient (Wildman–Crippen LogP) is 2.25. The van der Waals surface area contributed by atoms with E-state index in [4.69, 9.17) is 11.6 Å². The summed E-state index contributed by atoms with van der Waals surface area (Å²) in [5.74, 6) is 0.369. The van der Waals surface area contributed by atoms with Crippen LogP contribution in [0.15, 0.2) is 0 Å². The van der Waals surface area contributed by atoms with Crippen LogP contribution < -0.4 is 4.72 Å². The highest BCUT2D eigenvalue weighted by atomic mass is 35.5. The minimum atomic E-state index is -3.39. The Morgan fingerprint density at radius 1 is 1.28 bits per heavy atom. The molecule has 2 fully saturated rings. The van der Waals surface area contributed by atoms with Crippen LogP contribution in [0.2, 0.25) is 0 Å². The molecule has 0 aromatic rings. The summed E-state index contributed by atoms with van der Waals surface area (Å²) in [6, 6.07) is 0.102. The van der Waals surface area contributed by atoms with Crippen molar-refractivity contribution in [1.29, 1.82) is 0 Å². The van der Waals surface area contributed by atoms with Gasteiger partial charge in [0.25, 0.3) is 10.2 Å². The predicted molar refractivity (Wildman–Crippen MR) is 74.0 cm³/mol. The topological polar surface area (TPSA) is 49.4 Å². The van der Waals surface area contributed by atoms with Crippen molar-refractivity contribution in [1.82, 2.24) is 9.03 Å². The third-order valence-corrected chi connectivity index (χ3v) is 6.58. The highest BCUT2D eigenvalue weighted by Crippen LogP contribution is 2.32. The molecule has 1 N–H and O–H groups in total. The zero-order chi connectivity index (χ0) is 13.2. The monoisotopic (exact) mass is 294 g/mol. The summed E-state index contributed by atoms with van der Waals surface area (Å²) in [6.07, 6.45) is 6.87. The number of alkyl halides is 1. The third kappa shape index (κ3) is 3.00. The van der Waals surface area contributed by atoms with E-state index in [-0.39, 0.29) is 6.04 Å². The fourth-order valence-electron chi connectivity index (χ4n) is 3.08. The van der Waals surface area contributed by atoms with E-state index in [9.17, 15) is 8.42 Å². The number of nitrogens with one attached hydrogen (secondary N) is 1. The van der Waals surface area contributed by atoms with Crippen molar-refractivity contribution in [2.45, 2.75) is 63.5 Å². The van der Waals surface area contributed by atoms with Gasteiger partial charge >= 0.3 is 0 Å². The van der Waals surface area contributed by atoms with Crippen LogP contribution in [-0.2, 0) is 10.2 Å². The first kappa shape index (κ1) is 14.6. The fourth-order valence-corrected chi connectivity index (χ4v) is 5.38. The Hall–Kier alpha value is 0.160. The van der Waals surface area contributed by atoms with E-state index >= 15 is 0 Å². The Labute approximate surface area is 115 Å². The molecule has 0 radical (unpaired) electrons. The zero-order valence-electron chi connectivity index (χ0n) is 11.0. The molecule has 6 heteroatoms. The van der Waals surface area contributed by atoms with Gasteiger partial charge in [0.1, 0.15) is 0 Å². The number of nitrogens with zero attached hydrogens (tertiary/aromatic N) is 1. The minimum Gasteiger partial charge on any atom is -0.195 e. The largest absolute Gasteiger partial charge is 0.280 e. The summed E-state index contributed by atoms with van der Waals surface area (Å²) < 4.78 is 29.4. The van der Waals surface area contributed by atoms with Crippen molar-refractivity contribution in [3.05, 3.63) is 0 Å². The molecule has 1 saturated heterocycles. The Bertz CT molecular complexity index is 380. The second-order valence-electron chi connectivity index (χ2n) is 5.68. The maximum Gasteiger partial charge on any atom is 0.280 e. The highest BCUT2D eigenvalue weighted by Gasteiger charge is 2.40. The van der Waals surface area contributed by atoms with Gasteiger partial charge < -0.3 is 0 Å². The fraction of sp³-hybridized carbons (Fsp3) is 1.00. The van der Waals surface area contributed by atoms with Crippen LogP contribution in [-0.4, -0.2) is 36.7 Å². The van der Waals surface area contributed by atoms with Gasteiger partial charge in [0, 0.05) is 24.0 Å². The van der Waals surface area contributed by atoms with Crippen molar-refractivity contribution in [2.75, 3.05) is 12.4 Å². The van der Waals surface area contributed by atoms with E-state index in [1.54, 1.807) is 4.31 Å². The summed E-state index contributed by atoms with van der Waals surface area (Å²) in [5, 5.41) is 0. The average molecular weight is 295 g/mol. The molecule has 1 aliphatic carbocycles. The van der Waals surface area contributed by atoms with Gasteiger partial charge in [0.15, 0.2) is 0 Å². The summed E-state index contributed by atoms with van der Waals surface area (Å²) in [6.45, 7) is 2.62. The number of halogens is 1. The molecule has 106 valence electrons. The van der Waals surface area contributed by atoms with Crippen molar-refractivity contribution < 1.29 is 8.42 Å². The van der Waals surface area contributed by atoms with Crippen LogP contribution >= 0.6 is 11.6 Å². The summed E-state index contributed by atoms with van der Waals surface area (Å²) >= 11 is 6.00. The molecule has 1 unspecified atom stereocenters. The van der Waals surface area contributed by atoms with Crippen LogP contribution in [0.1, 0.15) is 51.9 Å². The summed E-state index contributed by atoms with van der Waals surface area (Å²) in [5.41, 5.74) is -0.405. The zero-order valence-corrected chi connectivity index (χ0v) is 12.6. The molecule has 0 spiro atoms. The standard InChI is InChI=1S/C12H23ClN2O2S/c1-11-6-2-5-9-15(11)18(16,17)14-12(10-13)7-3-4-8-12/h11,14H,2-10H2,1H3. The summed E-state index contributed by atoms with van der Waals surface area (Å²) in [4.78, 5) is 0. The molecule has 1 heterocycles. The first-order chi connectivity index (χ1) is 8.49. The molecule has 0 bridgehead atoms. The Morgan fingerprint density at radius 3 is 2.50 bits per heavy atom. The molecular weight excluding hydrogens is 272 g/mol. The quantitative estimate of drug-likeness (QED) is 0.809. The summed E-state index contributed by atoms with van der Waals surface area (Å²) in [7, 11) is -3.39. The molecule has 0 amide bonds. The lowest BCUT2D eigenvalue weighted by Crippen LogP contribution is -2.56. The maximum absolute atomic E-state index is 12.5. The van der Waals surface area contributed by atoms with Crippen molar-refractivity contribution >= 4 is 21.8 Å². The average Bonchev–Trinajstić information content (AvgIpc) is 2.78. The van der Waals surface area contributed by atoms with Crippen molar-refractivity contribution in [3.8, 4) is 0 Å². The van der Waals surface area contributed by atoms with Crippen LogP contribution in [0, 0.1) is 0 Å². The van der Waals surface area contributed by atoms with Crippen LogP contribution in [0.3, 0.4) is 0 Å². The van der Waals surface area contributed by atoms with E-state index in [0.717, 1.165) is 44.9 Å². The highest BCUT2D eigenvalue weighted by molar-refractivity contribution is 7.87. The lowest BCUT2D eigenvalue weighted by atomic mass is 10.0. The molecule has 0 aromatic heterocycles. The molecular formula is C12H23ClN2O2S. The third-order valence-electron chi connectivity index (χ3n) is 4.21. The van der Waals surface area contributed by atoms with Crippen LogP contribution in [0.4, 0.5) is 0 Å². The van der Waals surface area contributed by atoms with Gasteiger partial charge in [-0.05, 0) is 32.6 Å². The van der Waals surface area contributed by atoms with E-state index < -0.39 is 15.7 Å². The Balaban J connectivity index is 2.10. The molecule has 1 aliphatic heterocycles. The molecule has 0 aromatic carbocycles. The van der Waals surface area contributed by atoms with Gasteiger partial charge in [0.05, 0.1) is 0 Å². The second-order valence-corrected chi connectivity index (χ2v) is 7.57. The minimum absolute atomic E-state index is 0.102. The van der Waals surface area contributed by atoms with Gasteiger partial charge in [-0.15, -0.1) is 11.6 Å². The lowest BCUT2D eigenvalue weighted by molar-refractivity contribution is 0.259. The number of hydrogen-bond acceptors (Lipinski definition) is 2. The van der Waals surface area contributed by atoms with Gasteiger partial charge in [-0.25, -0.2) is 0 Å². The molecule has 2 rings (SSSR count). The normalized spacial score (nSPS) is 29.6. The second kappa shape index (κ2) is 5.65. The van der Waals surface area contributed by atoms with E-state index in [1.807, 2.05) is 6.92 Å². The Kier molecular flexibility index (Phi) is 4.57. The first-order valence-corrected chi connectivity index (χ1v) is 8.83. The van der Waals surface area contributed by atoms with E-state index in [1.165, 1.54) is 0 Å². The molecule has 1 saturated carbocycles. The Morgan fingerprint density at radius 2 is 1.94 bits per heavy atom. The molecule has 1 atom stereocenters. The number of hydrogen-bond donors (Lipinski definition) is 1. The van der Waals surface area contributed by atoms with Crippen LogP contribution in [0.5, 0.6) is 0 Å². The first-order valence-electron chi connectivity index (χ1n) is 6.86. The number of piperidine rings is 1. The van der Waals surface area contributed by atoms with Gasteiger partial charge in [-0.1, -0.05) is 19.3 Å². The number of rotatable bonds is 4. The van der Waals surface area contributed by atoms with Gasteiger partial charge in [-0.2, -0.15) is 17.4 Å². The SMILES string of the molecule is CC1CCCCN1S(=O)(=O)NC1(CCl)CCCC1. The smallest absolute Gasteiger partial charge is 0.195 e. The molecule has 2 aliphatic rings. The van der Waals surface area contributed by atoms with Crippen molar-refractivity contribution in [3.63, 3.8) is 0 Å². The van der Waals surface area contributed by atoms with Crippen LogP contribution in [0.25, 0.3) is 0 Å². The van der Waals surface area contributed by atoms with Crippen molar-refractivity contribution in [2.24, 2.45) is 0 Å². The lowest BCUT2D eigenvalue weighted by Gasteiger charge is -2.36. The van der Waals surface area contributed by atoms with E-state index in [0.29, 0.717) is 12.4 Å². The maximum atomic E-state index is 12.5. The molecule has 18 heavy (non-hydrogen) atoms.